The van der Waals surface area contributed by atoms with Crippen LogP contribution in [0, 0.1) is 0 Å². The number of nitrogens with one attached hydrogen (secondary N) is 1. The second kappa shape index (κ2) is 5.36. The first kappa shape index (κ1) is 12.7. The van der Waals surface area contributed by atoms with E-state index in [1.807, 2.05) is 18.4 Å². The molecule has 2 aromatic heterocycles. The molecule has 1 aliphatic heterocycles. The maximum Gasteiger partial charge on any atom is 0.293 e. The van der Waals surface area contributed by atoms with Gasteiger partial charge in [-0.2, -0.15) is 4.98 Å². The number of furan rings is 1. The molecular weight excluding hydrogens is 264 g/mol. The number of piperazine rings is 1. The van der Waals surface area contributed by atoms with Crippen molar-refractivity contribution in [2.75, 3.05) is 32.9 Å². The Morgan fingerprint density at radius 2 is 2.37 bits per heavy atom. The van der Waals surface area contributed by atoms with Crippen molar-refractivity contribution in [3.63, 3.8) is 0 Å². The van der Waals surface area contributed by atoms with E-state index in [1.54, 1.807) is 11.8 Å². The molecule has 1 atom stereocenters. The van der Waals surface area contributed by atoms with Crippen LogP contribution < -0.4 is 5.32 Å². The number of likely N-dealkylation sites (N-methyl/N-ethyl adjacent to an activating group) is 1. The molecule has 1 unspecified atom stereocenters. The van der Waals surface area contributed by atoms with Crippen LogP contribution in [0.4, 0.5) is 0 Å². The monoisotopic (exact) mass is 280 g/mol. The zero-order chi connectivity index (χ0) is 13.2. The molecule has 3 rings (SSSR count). The summed E-state index contributed by atoms with van der Waals surface area (Å²) in [6.45, 7) is 2.81. The molecule has 6 nitrogen and oxygen atoms in total. The predicted molar refractivity (Wildman–Crippen MR) is 72.0 cm³/mol. The highest BCUT2D eigenvalue weighted by atomic mass is 32.2. The molecule has 19 heavy (non-hydrogen) atoms. The van der Waals surface area contributed by atoms with Gasteiger partial charge in [-0.15, -0.1) is 0 Å². The number of thioether (sulfide) groups is 1. The summed E-state index contributed by atoms with van der Waals surface area (Å²) in [5.41, 5.74) is 0. The Morgan fingerprint density at radius 3 is 3.11 bits per heavy atom. The minimum Gasteiger partial charge on any atom is -0.445 e. The van der Waals surface area contributed by atoms with Crippen molar-refractivity contribution < 1.29 is 8.94 Å². The fourth-order valence-corrected chi connectivity index (χ4v) is 2.49. The number of hydrogen-bond donors (Lipinski definition) is 1. The second-order valence-electron chi connectivity index (χ2n) is 4.48. The lowest BCUT2D eigenvalue weighted by atomic mass is 10.2. The Morgan fingerprint density at radius 1 is 1.47 bits per heavy atom. The van der Waals surface area contributed by atoms with Crippen molar-refractivity contribution in [2.45, 2.75) is 11.1 Å². The third-order valence-electron chi connectivity index (χ3n) is 3.24. The van der Waals surface area contributed by atoms with Crippen LogP contribution in [0.3, 0.4) is 0 Å². The van der Waals surface area contributed by atoms with E-state index in [2.05, 4.69) is 27.4 Å². The van der Waals surface area contributed by atoms with Crippen LogP contribution in [0.5, 0.6) is 0 Å². The highest BCUT2D eigenvalue weighted by Gasteiger charge is 2.26. The summed E-state index contributed by atoms with van der Waals surface area (Å²) >= 11 is 1.54. The Balaban J connectivity index is 1.82. The molecule has 1 aliphatic rings. The molecule has 7 heteroatoms. The van der Waals surface area contributed by atoms with Crippen molar-refractivity contribution in [3.8, 4) is 11.7 Å². The highest BCUT2D eigenvalue weighted by Crippen LogP contribution is 2.27. The van der Waals surface area contributed by atoms with Gasteiger partial charge in [-0.1, -0.05) is 16.9 Å². The van der Waals surface area contributed by atoms with Gasteiger partial charge >= 0.3 is 0 Å². The zero-order valence-electron chi connectivity index (χ0n) is 10.9. The molecule has 0 amide bonds. The molecule has 0 radical (unpaired) electrons. The topological polar surface area (TPSA) is 67.3 Å². The third kappa shape index (κ3) is 2.54. The lowest BCUT2D eigenvalue weighted by molar-refractivity contribution is 0.190. The summed E-state index contributed by atoms with van der Waals surface area (Å²) in [5, 5.41) is 8.24. The van der Waals surface area contributed by atoms with Gasteiger partial charge < -0.3 is 14.3 Å². The summed E-state index contributed by atoms with van der Waals surface area (Å²) in [6.07, 6.45) is 1.96. The number of rotatable bonds is 3. The molecule has 1 saturated heterocycles. The van der Waals surface area contributed by atoms with Gasteiger partial charge in [0.25, 0.3) is 5.89 Å². The maximum atomic E-state index is 5.58. The fraction of sp³-hybridized carbons (Fsp3) is 0.500. The van der Waals surface area contributed by atoms with Crippen molar-refractivity contribution in [2.24, 2.45) is 0 Å². The van der Waals surface area contributed by atoms with Crippen LogP contribution in [-0.4, -0.2) is 48.0 Å². The molecule has 0 aliphatic carbocycles. The molecular formula is C12H16N4O2S. The van der Waals surface area contributed by atoms with Gasteiger partial charge in [-0.3, -0.25) is 4.90 Å². The Labute approximate surface area is 115 Å². The average Bonchev–Trinajstić information content (AvgIpc) is 3.08. The number of aromatic nitrogens is 2. The van der Waals surface area contributed by atoms with E-state index < -0.39 is 0 Å². The van der Waals surface area contributed by atoms with Gasteiger partial charge in [-0.25, -0.2) is 0 Å². The molecule has 3 heterocycles. The zero-order valence-corrected chi connectivity index (χ0v) is 11.7. The highest BCUT2D eigenvalue weighted by molar-refractivity contribution is 7.98. The smallest absolute Gasteiger partial charge is 0.293 e. The molecule has 0 saturated carbocycles. The number of nitrogens with zero attached hydrogens (tertiary/aromatic N) is 3. The second-order valence-corrected chi connectivity index (χ2v) is 5.29. The first-order valence-electron chi connectivity index (χ1n) is 6.16. The number of hydrogen-bond acceptors (Lipinski definition) is 7. The summed E-state index contributed by atoms with van der Waals surface area (Å²) in [7, 11) is 2.07. The average molecular weight is 280 g/mol. The summed E-state index contributed by atoms with van der Waals surface area (Å²) < 4.78 is 10.9. The summed E-state index contributed by atoms with van der Waals surface area (Å²) in [4.78, 5) is 6.66. The molecule has 0 bridgehead atoms. The normalized spacial score (nSPS) is 20.8. The van der Waals surface area contributed by atoms with Crippen molar-refractivity contribution in [3.05, 3.63) is 18.0 Å². The van der Waals surface area contributed by atoms with Gasteiger partial charge in [0.05, 0.1) is 6.04 Å². The lowest BCUT2D eigenvalue weighted by Crippen LogP contribution is -2.44. The van der Waals surface area contributed by atoms with Gasteiger partial charge in [0.1, 0.15) is 0 Å². The molecule has 102 valence electrons. The van der Waals surface area contributed by atoms with Gasteiger partial charge in [0.2, 0.25) is 0 Å². The van der Waals surface area contributed by atoms with Gasteiger partial charge in [-0.05, 0) is 25.4 Å². The van der Waals surface area contributed by atoms with E-state index in [0.717, 1.165) is 24.7 Å². The SMILES string of the molecule is CSc1ccc(-c2nc(C3CNCCN3C)no2)o1. The van der Waals surface area contributed by atoms with E-state index in [4.69, 9.17) is 8.94 Å². The third-order valence-corrected chi connectivity index (χ3v) is 3.87. The van der Waals surface area contributed by atoms with Crippen LogP contribution >= 0.6 is 11.8 Å². The van der Waals surface area contributed by atoms with Gasteiger partial charge in [0.15, 0.2) is 16.7 Å². The van der Waals surface area contributed by atoms with E-state index in [9.17, 15) is 0 Å². The van der Waals surface area contributed by atoms with Crippen LogP contribution in [0.15, 0.2) is 26.2 Å². The van der Waals surface area contributed by atoms with E-state index in [-0.39, 0.29) is 6.04 Å². The largest absolute Gasteiger partial charge is 0.445 e. The fourth-order valence-electron chi connectivity index (χ4n) is 2.11. The molecule has 0 spiro atoms. The molecule has 1 N–H and O–H groups in total. The minimum atomic E-state index is 0.154. The van der Waals surface area contributed by atoms with Crippen molar-refractivity contribution >= 4 is 11.8 Å². The summed E-state index contributed by atoms with van der Waals surface area (Å²) in [6, 6.07) is 3.91. The summed E-state index contributed by atoms with van der Waals surface area (Å²) in [5.74, 6) is 1.76. The Hall–Kier alpha value is -1.31. The van der Waals surface area contributed by atoms with Gasteiger partial charge in [0, 0.05) is 19.6 Å². The molecule has 1 fully saturated rings. The van der Waals surface area contributed by atoms with Crippen LogP contribution in [0.2, 0.25) is 0 Å². The lowest BCUT2D eigenvalue weighted by Gasteiger charge is -2.30. The van der Waals surface area contributed by atoms with Crippen molar-refractivity contribution in [1.29, 1.82) is 0 Å². The predicted octanol–water partition coefficient (Wildman–Crippen LogP) is 1.63. The van der Waals surface area contributed by atoms with Crippen LogP contribution in [-0.2, 0) is 0 Å². The van der Waals surface area contributed by atoms with Crippen LogP contribution in [0.1, 0.15) is 11.9 Å². The molecule has 0 aromatic carbocycles. The van der Waals surface area contributed by atoms with E-state index in [0.29, 0.717) is 17.5 Å². The standard InChI is InChI=1S/C12H16N4O2S/c1-16-6-5-13-7-8(16)11-14-12(18-15-11)9-3-4-10(17-9)19-2/h3-4,8,13H,5-7H2,1-2H3. The first-order chi connectivity index (χ1) is 9.28. The first-order valence-corrected chi connectivity index (χ1v) is 7.39. The Bertz CT molecular complexity index is 553. The molecule has 2 aromatic rings. The maximum absolute atomic E-state index is 5.58. The van der Waals surface area contributed by atoms with Crippen molar-refractivity contribution in [1.82, 2.24) is 20.4 Å². The van der Waals surface area contributed by atoms with E-state index >= 15 is 0 Å². The minimum absolute atomic E-state index is 0.154. The van der Waals surface area contributed by atoms with Crippen LogP contribution in [0.25, 0.3) is 11.7 Å². The quantitative estimate of drug-likeness (QED) is 0.857. The Kier molecular flexibility index (Phi) is 3.58. The van der Waals surface area contributed by atoms with E-state index in [1.165, 1.54) is 0 Å².